The van der Waals surface area contributed by atoms with Crippen LogP contribution >= 0.6 is 0 Å². The predicted octanol–water partition coefficient (Wildman–Crippen LogP) is 1.19. The first kappa shape index (κ1) is 12.4. The van der Waals surface area contributed by atoms with Gasteiger partial charge in [0.05, 0.1) is 17.1 Å². The molecule has 0 saturated carbocycles. The number of aryl methyl sites for hydroxylation is 1. The van der Waals surface area contributed by atoms with Crippen LogP contribution in [-0.2, 0) is 9.84 Å². The average molecular weight is 255 g/mol. The Morgan fingerprint density at radius 3 is 2.71 bits per heavy atom. The molecule has 2 unspecified atom stereocenters. The van der Waals surface area contributed by atoms with Crippen molar-refractivity contribution in [2.45, 2.75) is 31.1 Å². The second-order valence-electron chi connectivity index (χ2n) is 4.62. The number of hydrogen-bond acceptors (Lipinski definition) is 4. The van der Waals surface area contributed by atoms with Crippen LogP contribution in [0.5, 0.6) is 0 Å². The third-order valence-electron chi connectivity index (χ3n) is 3.29. The third kappa shape index (κ3) is 2.30. The highest BCUT2D eigenvalue weighted by molar-refractivity contribution is 7.92. The lowest BCUT2D eigenvalue weighted by atomic mass is 10.0. The molecule has 0 aliphatic carbocycles. The van der Waals surface area contributed by atoms with Gasteiger partial charge < -0.3 is 10.8 Å². The first-order valence-electron chi connectivity index (χ1n) is 5.67. The zero-order chi connectivity index (χ0) is 12.6. The molecule has 3 N–H and O–H groups in total. The van der Waals surface area contributed by atoms with Crippen LogP contribution in [0.15, 0.2) is 18.2 Å². The van der Waals surface area contributed by atoms with Crippen molar-refractivity contribution in [2.75, 3.05) is 11.5 Å². The fourth-order valence-electron chi connectivity index (χ4n) is 2.33. The third-order valence-corrected chi connectivity index (χ3v) is 5.57. The number of hydrogen-bond donors (Lipinski definition) is 2. The molecule has 1 heterocycles. The number of aliphatic hydroxyl groups is 1. The summed E-state index contributed by atoms with van der Waals surface area (Å²) in [6.07, 6.45) is 0.121. The van der Waals surface area contributed by atoms with Crippen molar-refractivity contribution in [2.24, 2.45) is 0 Å². The maximum absolute atomic E-state index is 11.8. The molecule has 5 heteroatoms. The molecule has 0 aromatic heterocycles. The average Bonchev–Trinajstić information content (AvgIpc) is 2.57. The molecule has 1 aliphatic heterocycles. The Morgan fingerprint density at radius 2 is 2.18 bits per heavy atom. The zero-order valence-electron chi connectivity index (χ0n) is 9.76. The van der Waals surface area contributed by atoms with Crippen LogP contribution in [0.25, 0.3) is 0 Å². The van der Waals surface area contributed by atoms with Crippen molar-refractivity contribution in [1.82, 2.24) is 0 Å². The summed E-state index contributed by atoms with van der Waals surface area (Å²) in [6, 6.07) is 5.29. The lowest BCUT2D eigenvalue weighted by Gasteiger charge is -2.19. The second-order valence-corrected chi connectivity index (χ2v) is 6.96. The second kappa shape index (κ2) is 4.31. The van der Waals surface area contributed by atoms with Gasteiger partial charge in [0, 0.05) is 11.3 Å². The fourth-order valence-corrected chi connectivity index (χ4v) is 4.27. The molecule has 1 fully saturated rings. The molecule has 1 aromatic rings. The summed E-state index contributed by atoms with van der Waals surface area (Å²) in [5.74, 6) is 0.167. The first-order valence-corrected chi connectivity index (χ1v) is 7.39. The predicted molar refractivity (Wildman–Crippen MR) is 67.4 cm³/mol. The molecular weight excluding hydrogens is 238 g/mol. The molecule has 2 rings (SSSR count). The van der Waals surface area contributed by atoms with Crippen molar-refractivity contribution in [3.8, 4) is 0 Å². The normalized spacial score (nSPS) is 24.7. The van der Waals surface area contributed by atoms with Gasteiger partial charge in [-0.25, -0.2) is 8.42 Å². The number of aliphatic hydroxyl groups excluding tert-OH is 1. The van der Waals surface area contributed by atoms with Gasteiger partial charge in [-0.2, -0.15) is 0 Å². The molecule has 4 nitrogen and oxygen atoms in total. The summed E-state index contributed by atoms with van der Waals surface area (Å²) >= 11 is 0. The van der Waals surface area contributed by atoms with Crippen LogP contribution in [0, 0.1) is 6.92 Å². The van der Waals surface area contributed by atoms with Gasteiger partial charge in [-0.3, -0.25) is 0 Å². The van der Waals surface area contributed by atoms with Gasteiger partial charge in [0.2, 0.25) is 0 Å². The molecule has 0 spiro atoms. The van der Waals surface area contributed by atoms with E-state index in [1.807, 2.05) is 13.0 Å². The number of nitrogen functional groups attached to an aromatic ring is 1. The van der Waals surface area contributed by atoms with Crippen LogP contribution in [0.1, 0.15) is 30.1 Å². The number of anilines is 1. The summed E-state index contributed by atoms with van der Waals surface area (Å²) < 4.78 is 23.5. The van der Waals surface area contributed by atoms with Crippen LogP contribution in [0.3, 0.4) is 0 Å². The van der Waals surface area contributed by atoms with Gasteiger partial charge >= 0.3 is 0 Å². The van der Waals surface area contributed by atoms with Gasteiger partial charge in [0.25, 0.3) is 0 Å². The van der Waals surface area contributed by atoms with Crippen molar-refractivity contribution >= 4 is 15.5 Å². The monoisotopic (exact) mass is 255 g/mol. The Hall–Kier alpha value is -1.07. The molecular formula is C12H17NO3S. The minimum absolute atomic E-state index is 0.167. The molecule has 0 amide bonds. The largest absolute Gasteiger partial charge is 0.398 e. The number of sulfone groups is 1. The minimum atomic E-state index is -3.17. The minimum Gasteiger partial charge on any atom is -0.398 e. The van der Waals surface area contributed by atoms with E-state index < -0.39 is 21.2 Å². The van der Waals surface area contributed by atoms with Crippen molar-refractivity contribution < 1.29 is 13.5 Å². The molecule has 2 atom stereocenters. The van der Waals surface area contributed by atoms with Crippen LogP contribution in [0.2, 0.25) is 0 Å². The van der Waals surface area contributed by atoms with E-state index in [4.69, 9.17) is 5.73 Å². The Bertz CT molecular complexity index is 525. The van der Waals surface area contributed by atoms with Crippen LogP contribution in [0.4, 0.5) is 5.69 Å². The van der Waals surface area contributed by atoms with E-state index in [1.54, 1.807) is 12.1 Å². The summed E-state index contributed by atoms with van der Waals surface area (Å²) in [6.45, 7) is 1.90. The maximum Gasteiger partial charge on any atom is 0.156 e. The SMILES string of the molecule is Cc1ccc(C(O)C2CCCS2(=O)=O)c(N)c1. The maximum atomic E-state index is 11.8. The summed E-state index contributed by atoms with van der Waals surface area (Å²) in [7, 11) is -3.17. The zero-order valence-corrected chi connectivity index (χ0v) is 10.6. The van der Waals surface area contributed by atoms with E-state index in [1.165, 1.54) is 0 Å². The Labute approximate surface area is 101 Å². The van der Waals surface area contributed by atoms with Gasteiger partial charge in [-0.1, -0.05) is 12.1 Å². The Morgan fingerprint density at radius 1 is 1.47 bits per heavy atom. The van der Waals surface area contributed by atoms with E-state index in [0.717, 1.165) is 5.56 Å². The quantitative estimate of drug-likeness (QED) is 0.778. The van der Waals surface area contributed by atoms with Crippen molar-refractivity contribution in [3.63, 3.8) is 0 Å². The summed E-state index contributed by atoms with van der Waals surface area (Å²) in [5, 5.41) is 9.47. The van der Waals surface area contributed by atoms with Gasteiger partial charge in [0.15, 0.2) is 9.84 Å². The van der Waals surface area contributed by atoms with E-state index in [-0.39, 0.29) is 5.75 Å². The van der Waals surface area contributed by atoms with Gasteiger partial charge in [-0.05, 0) is 31.4 Å². The molecule has 0 bridgehead atoms. The highest BCUT2D eigenvalue weighted by Crippen LogP contribution is 2.34. The summed E-state index contributed by atoms with van der Waals surface area (Å²) in [4.78, 5) is 0. The highest BCUT2D eigenvalue weighted by atomic mass is 32.2. The molecule has 94 valence electrons. The van der Waals surface area contributed by atoms with E-state index in [0.29, 0.717) is 24.1 Å². The molecule has 0 radical (unpaired) electrons. The van der Waals surface area contributed by atoms with E-state index in [2.05, 4.69) is 0 Å². The number of nitrogens with two attached hydrogens (primary N) is 1. The number of benzene rings is 1. The highest BCUT2D eigenvalue weighted by Gasteiger charge is 2.38. The molecule has 1 aromatic carbocycles. The fraction of sp³-hybridized carbons (Fsp3) is 0.500. The lowest BCUT2D eigenvalue weighted by Crippen LogP contribution is -2.24. The van der Waals surface area contributed by atoms with E-state index >= 15 is 0 Å². The number of rotatable bonds is 2. The first-order chi connectivity index (χ1) is 7.92. The molecule has 17 heavy (non-hydrogen) atoms. The molecule has 1 aliphatic rings. The Kier molecular flexibility index (Phi) is 3.14. The topological polar surface area (TPSA) is 80.4 Å². The van der Waals surface area contributed by atoms with Crippen molar-refractivity contribution in [1.29, 1.82) is 0 Å². The van der Waals surface area contributed by atoms with Crippen molar-refractivity contribution in [3.05, 3.63) is 29.3 Å². The summed E-state index contributed by atoms with van der Waals surface area (Å²) in [5.41, 5.74) is 7.79. The van der Waals surface area contributed by atoms with Crippen LogP contribution in [-0.4, -0.2) is 24.5 Å². The van der Waals surface area contributed by atoms with E-state index in [9.17, 15) is 13.5 Å². The lowest BCUT2D eigenvalue weighted by molar-refractivity contribution is 0.171. The smallest absolute Gasteiger partial charge is 0.156 e. The standard InChI is InChI=1S/C12H17NO3S/c1-8-4-5-9(10(13)7-8)12(14)11-3-2-6-17(11,15)16/h4-5,7,11-12,14H,2-3,6,13H2,1H3. The van der Waals surface area contributed by atoms with Gasteiger partial charge in [-0.15, -0.1) is 0 Å². The molecule has 1 saturated heterocycles. The van der Waals surface area contributed by atoms with Crippen LogP contribution < -0.4 is 5.73 Å². The Balaban J connectivity index is 2.34. The van der Waals surface area contributed by atoms with Gasteiger partial charge in [0.1, 0.15) is 0 Å².